The maximum absolute atomic E-state index is 8.96. The average molecular weight is 185 g/mol. The van der Waals surface area contributed by atoms with Crippen molar-refractivity contribution in [3.05, 3.63) is 17.5 Å². The Morgan fingerprint density at radius 3 is 3.33 bits per heavy atom. The molecule has 0 spiro atoms. The standard InChI is InChI=1S/C8H11NO2S/c10-5-6-4-9-11-8(6)7-2-1-3-12-7/h4,7,10H,1-3,5H2. The fourth-order valence-electron chi connectivity index (χ4n) is 1.44. The van der Waals surface area contributed by atoms with E-state index in [2.05, 4.69) is 5.16 Å². The van der Waals surface area contributed by atoms with E-state index in [1.54, 1.807) is 6.20 Å². The van der Waals surface area contributed by atoms with Crippen LogP contribution in [0.25, 0.3) is 0 Å². The van der Waals surface area contributed by atoms with Crippen LogP contribution in [0.1, 0.15) is 29.4 Å². The Morgan fingerprint density at radius 2 is 2.67 bits per heavy atom. The van der Waals surface area contributed by atoms with Gasteiger partial charge in [-0.2, -0.15) is 11.8 Å². The molecule has 3 nitrogen and oxygen atoms in total. The molecule has 1 fully saturated rings. The second-order valence-electron chi connectivity index (χ2n) is 2.88. The third-order valence-electron chi connectivity index (χ3n) is 2.07. The zero-order valence-electron chi connectivity index (χ0n) is 6.69. The highest BCUT2D eigenvalue weighted by atomic mass is 32.2. The largest absolute Gasteiger partial charge is 0.391 e. The van der Waals surface area contributed by atoms with Gasteiger partial charge in [-0.05, 0) is 18.6 Å². The van der Waals surface area contributed by atoms with Crippen LogP contribution in [0.5, 0.6) is 0 Å². The van der Waals surface area contributed by atoms with E-state index in [1.165, 1.54) is 12.2 Å². The Morgan fingerprint density at radius 1 is 1.75 bits per heavy atom. The van der Waals surface area contributed by atoms with Crippen LogP contribution in [0.2, 0.25) is 0 Å². The van der Waals surface area contributed by atoms with Crippen LogP contribution in [-0.2, 0) is 6.61 Å². The molecule has 66 valence electrons. The van der Waals surface area contributed by atoms with Gasteiger partial charge in [0.15, 0.2) is 5.76 Å². The molecule has 0 aliphatic carbocycles. The molecule has 0 aromatic carbocycles. The van der Waals surface area contributed by atoms with Gasteiger partial charge in [-0.3, -0.25) is 0 Å². The number of thioether (sulfide) groups is 1. The Kier molecular flexibility index (Phi) is 2.37. The summed E-state index contributed by atoms with van der Waals surface area (Å²) in [6, 6.07) is 0. The fourth-order valence-corrected chi connectivity index (χ4v) is 2.73. The number of hydrogen-bond donors (Lipinski definition) is 1. The van der Waals surface area contributed by atoms with Crippen molar-refractivity contribution in [2.45, 2.75) is 24.7 Å². The van der Waals surface area contributed by atoms with Crippen LogP contribution in [0, 0.1) is 0 Å². The van der Waals surface area contributed by atoms with E-state index in [4.69, 9.17) is 9.63 Å². The first-order chi connectivity index (χ1) is 5.92. The fraction of sp³-hybridized carbons (Fsp3) is 0.625. The second-order valence-corrected chi connectivity index (χ2v) is 4.19. The molecular formula is C8H11NO2S. The average Bonchev–Trinajstić information content (AvgIpc) is 2.74. The molecule has 12 heavy (non-hydrogen) atoms. The maximum Gasteiger partial charge on any atom is 0.155 e. The minimum absolute atomic E-state index is 0.0376. The van der Waals surface area contributed by atoms with Gasteiger partial charge in [-0.1, -0.05) is 5.16 Å². The predicted molar refractivity (Wildman–Crippen MR) is 46.9 cm³/mol. The summed E-state index contributed by atoms with van der Waals surface area (Å²) in [7, 11) is 0. The van der Waals surface area contributed by atoms with Gasteiger partial charge in [-0.25, -0.2) is 0 Å². The van der Waals surface area contributed by atoms with E-state index in [-0.39, 0.29) is 6.61 Å². The predicted octanol–water partition coefficient (Wildman–Crippen LogP) is 1.74. The molecule has 2 rings (SSSR count). The zero-order chi connectivity index (χ0) is 8.39. The first kappa shape index (κ1) is 8.13. The summed E-state index contributed by atoms with van der Waals surface area (Å²) in [5, 5.41) is 13.1. The van der Waals surface area contributed by atoms with Gasteiger partial charge in [-0.15, -0.1) is 0 Å². The Bertz CT molecular complexity index is 255. The van der Waals surface area contributed by atoms with E-state index in [9.17, 15) is 0 Å². The van der Waals surface area contributed by atoms with Crippen molar-refractivity contribution in [3.8, 4) is 0 Å². The smallest absolute Gasteiger partial charge is 0.155 e. The Labute approximate surface area is 75.1 Å². The molecule has 0 radical (unpaired) electrons. The van der Waals surface area contributed by atoms with Gasteiger partial charge in [0, 0.05) is 5.56 Å². The van der Waals surface area contributed by atoms with Gasteiger partial charge >= 0.3 is 0 Å². The zero-order valence-corrected chi connectivity index (χ0v) is 7.51. The Hall–Kier alpha value is -0.480. The highest BCUT2D eigenvalue weighted by Gasteiger charge is 2.23. The molecule has 1 unspecified atom stereocenters. The molecule has 1 aliphatic rings. The first-order valence-electron chi connectivity index (χ1n) is 4.07. The van der Waals surface area contributed by atoms with E-state index < -0.39 is 0 Å². The van der Waals surface area contributed by atoms with E-state index in [1.807, 2.05) is 11.8 Å². The molecule has 1 aromatic heterocycles. The highest BCUT2D eigenvalue weighted by Crippen LogP contribution is 2.40. The minimum Gasteiger partial charge on any atom is -0.391 e. The minimum atomic E-state index is 0.0376. The molecule has 1 saturated heterocycles. The molecule has 0 saturated carbocycles. The van der Waals surface area contributed by atoms with Crippen LogP contribution in [-0.4, -0.2) is 16.0 Å². The lowest BCUT2D eigenvalue weighted by atomic mass is 10.1. The highest BCUT2D eigenvalue weighted by molar-refractivity contribution is 7.99. The molecule has 1 atom stereocenters. The van der Waals surface area contributed by atoms with Gasteiger partial charge < -0.3 is 9.63 Å². The summed E-state index contributed by atoms with van der Waals surface area (Å²) in [5.41, 5.74) is 0.842. The summed E-state index contributed by atoms with van der Waals surface area (Å²) in [6.45, 7) is 0.0376. The van der Waals surface area contributed by atoms with Crippen LogP contribution in [0.15, 0.2) is 10.7 Å². The number of nitrogens with zero attached hydrogens (tertiary/aromatic N) is 1. The SMILES string of the molecule is OCc1cnoc1C1CCCS1. The number of aliphatic hydroxyl groups excluding tert-OH is 1. The van der Waals surface area contributed by atoms with Crippen molar-refractivity contribution in [3.63, 3.8) is 0 Å². The monoisotopic (exact) mass is 185 g/mol. The molecule has 2 heterocycles. The van der Waals surface area contributed by atoms with E-state index in [0.717, 1.165) is 17.7 Å². The van der Waals surface area contributed by atoms with Gasteiger partial charge in [0.2, 0.25) is 0 Å². The van der Waals surface area contributed by atoms with Crippen LogP contribution in [0.3, 0.4) is 0 Å². The number of aliphatic hydroxyl groups is 1. The van der Waals surface area contributed by atoms with E-state index >= 15 is 0 Å². The quantitative estimate of drug-likeness (QED) is 0.762. The summed E-state index contributed by atoms with van der Waals surface area (Å²) >= 11 is 1.88. The normalized spacial score (nSPS) is 23.2. The van der Waals surface area contributed by atoms with Crippen molar-refractivity contribution >= 4 is 11.8 Å². The number of hydrogen-bond acceptors (Lipinski definition) is 4. The Balaban J connectivity index is 2.19. The number of aromatic nitrogens is 1. The lowest BCUT2D eigenvalue weighted by Crippen LogP contribution is -1.91. The molecule has 1 aliphatic heterocycles. The van der Waals surface area contributed by atoms with Crippen LogP contribution >= 0.6 is 11.8 Å². The molecule has 1 aromatic rings. The maximum atomic E-state index is 8.96. The topological polar surface area (TPSA) is 46.3 Å². The van der Waals surface area contributed by atoms with Crippen molar-refractivity contribution in [1.82, 2.24) is 5.16 Å². The van der Waals surface area contributed by atoms with Crippen molar-refractivity contribution in [2.24, 2.45) is 0 Å². The summed E-state index contributed by atoms with van der Waals surface area (Å²) in [6.07, 6.45) is 3.99. The third-order valence-corrected chi connectivity index (χ3v) is 3.45. The van der Waals surface area contributed by atoms with Gasteiger partial charge in [0.25, 0.3) is 0 Å². The molecule has 4 heteroatoms. The molecular weight excluding hydrogens is 174 g/mol. The third kappa shape index (κ3) is 1.36. The van der Waals surface area contributed by atoms with Crippen molar-refractivity contribution in [2.75, 3.05) is 5.75 Å². The van der Waals surface area contributed by atoms with Crippen molar-refractivity contribution < 1.29 is 9.63 Å². The summed E-state index contributed by atoms with van der Waals surface area (Å²) < 4.78 is 5.11. The van der Waals surface area contributed by atoms with E-state index in [0.29, 0.717) is 5.25 Å². The molecule has 0 amide bonds. The lowest BCUT2D eigenvalue weighted by molar-refractivity contribution is 0.276. The summed E-state index contributed by atoms with van der Waals surface area (Å²) in [5.74, 6) is 2.07. The van der Waals surface area contributed by atoms with Crippen molar-refractivity contribution in [1.29, 1.82) is 0 Å². The molecule has 1 N–H and O–H groups in total. The molecule has 0 bridgehead atoms. The van der Waals surface area contributed by atoms with Gasteiger partial charge in [0.1, 0.15) is 0 Å². The second kappa shape index (κ2) is 3.49. The number of rotatable bonds is 2. The van der Waals surface area contributed by atoms with Crippen LogP contribution < -0.4 is 0 Å². The summed E-state index contributed by atoms with van der Waals surface area (Å²) in [4.78, 5) is 0. The van der Waals surface area contributed by atoms with Crippen LogP contribution in [0.4, 0.5) is 0 Å². The lowest BCUT2D eigenvalue weighted by Gasteiger charge is -2.04. The van der Waals surface area contributed by atoms with Gasteiger partial charge in [0.05, 0.1) is 18.1 Å². The first-order valence-corrected chi connectivity index (χ1v) is 5.12.